The quantitative estimate of drug-likeness (QED) is 0.637. The summed E-state index contributed by atoms with van der Waals surface area (Å²) in [6.07, 6.45) is 3.24. The highest BCUT2D eigenvalue weighted by Gasteiger charge is 2.26. The van der Waals surface area contributed by atoms with Gasteiger partial charge in [-0.05, 0) is 32.7 Å². The summed E-state index contributed by atoms with van der Waals surface area (Å²) in [5.41, 5.74) is 0. The zero-order valence-electron chi connectivity index (χ0n) is 10.3. The molecule has 0 aromatic rings. The van der Waals surface area contributed by atoms with E-state index in [1.807, 2.05) is 0 Å². The number of piperidine rings is 1. The Hall–Kier alpha value is -1.10. The van der Waals surface area contributed by atoms with E-state index >= 15 is 0 Å². The maximum absolute atomic E-state index is 11.9. The van der Waals surface area contributed by atoms with E-state index < -0.39 is 0 Å². The number of rotatable bonds is 3. The molecule has 0 bridgehead atoms. The largest absolute Gasteiger partial charge is 0.354 e. The first-order chi connectivity index (χ1) is 8.15. The predicted molar refractivity (Wildman–Crippen MR) is 64.4 cm³/mol. The molecule has 0 saturated carbocycles. The van der Waals surface area contributed by atoms with Crippen LogP contribution >= 0.6 is 0 Å². The molecule has 2 aliphatic heterocycles. The molecule has 17 heavy (non-hydrogen) atoms. The Bertz CT molecular complexity index is 306. The van der Waals surface area contributed by atoms with E-state index in [1.165, 1.54) is 0 Å². The SMILES string of the molecule is CC1CC(C(=O)NCC2CCC(=O)N2)CCN1. The van der Waals surface area contributed by atoms with Crippen molar-refractivity contribution in [2.24, 2.45) is 5.92 Å². The minimum atomic E-state index is 0.0970. The van der Waals surface area contributed by atoms with Gasteiger partial charge in [0.25, 0.3) is 0 Å². The first kappa shape index (κ1) is 12.4. The lowest BCUT2D eigenvalue weighted by molar-refractivity contribution is -0.126. The Kier molecular flexibility index (Phi) is 3.99. The third-order valence-corrected chi connectivity index (χ3v) is 3.60. The fraction of sp³-hybridized carbons (Fsp3) is 0.833. The second kappa shape index (κ2) is 5.49. The van der Waals surface area contributed by atoms with E-state index in [0.29, 0.717) is 19.0 Å². The van der Waals surface area contributed by atoms with Crippen LogP contribution in [0.1, 0.15) is 32.6 Å². The number of amides is 2. The van der Waals surface area contributed by atoms with Crippen molar-refractivity contribution in [3.63, 3.8) is 0 Å². The van der Waals surface area contributed by atoms with Gasteiger partial charge in [-0.25, -0.2) is 0 Å². The summed E-state index contributed by atoms with van der Waals surface area (Å²) in [5, 5.41) is 9.14. The van der Waals surface area contributed by atoms with Crippen LogP contribution in [0.3, 0.4) is 0 Å². The topological polar surface area (TPSA) is 70.2 Å². The molecule has 2 heterocycles. The van der Waals surface area contributed by atoms with Crippen LogP contribution in [-0.2, 0) is 9.59 Å². The molecule has 2 saturated heterocycles. The number of hydrogen-bond donors (Lipinski definition) is 3. The zero-order chi connectivity index (χ0) is 12.3. The maximum Gasteiger partial charge on any atom is 0.223 e. The van der Waals surface area contributed by atoms with Crippen molar-refractivity contribution in [3.8, 4) is 0 Å². The van der Waals surface area contributed by atoms with Crippen molar-refractivity contribution in [3.05, 3.63) is 0 Å². The van der Waals surface area contributed by atoms with Crippen molar-refractivity contribution >= 4 is 11.8 Å². The third kappa shape index (κ3) is 3.43. The summed E-state index contributed by atoms with van der Waals surface area (Å²) in [6.45, 7) is 3.60. The lowest BCUT2D eigenvalue weighted by Crippen LogP contribution is -2.45. The Morgan fingerprint density at radius 1 is 1.47 bits per heavy atom. The molecule has 0 aromatic carbocycles. The smallest absolute Gasteiger partial charge is 0.223 e. The first-order valence-electron chi connectivity index (χ1n) is 6.45. The van der Waals surface area contributed by atoms with Crippen molar-refractivity contribution in [1.29, 1.82) is 0 Å². The van der Waals surface area contributed by atoms with Crippen molar-refractivity contribution in [1.82, 2.24) is 16.0 Å². The van der Waals surface area contributed by atoms with Gasteiger partial charge in [-0.2, -0.15) is 0 Å². The number of carbonyl (C=O) groups is 2. The monoisotopic (exact) mass is 239 g/mol. The third-order valence-electron chi connectivity index (χ3n) is 3.60. The fourth-order valence-corrected chi connectivity index (χ4v) is 2.57. The molecule has 3 N–H and O–H groups in total. The molecule has 0 radical (unpaired) electrons. The zero-order valence-corrected chi connectivity index (χ0v) is 10.3. The first-order valence-corrected chi connectivity index (χ1v) is 6.45. The average molecular weight is 239 g/mol. The lowest BCUT2D eigenvalue weighted by Gasteiger charge is -2.27. The van der Waals surface area contributed by atoms with Crippen molar-refractivity contribution in [2.75, 3.05) is 13.1 Å². The van der Waals surface area contributed by atoms with Gasteiger partial charge >= 0.3 is 0 Å². The highest BCUT2D eigenvalue weighted by molar-refractivity contribution is 5.80. The van der Waals surface area contributed by atoms with E-state index in [4.69, 9.17) is 0 Å². The highest BCUT2D eigenvalue weighted by atomic mass is 16.2. The van der Waals surface area contributed by atoms with Crippen molar-refractivity contribution in [2.45, 2.75) is 44.7 Å². The second-order valence-corrected chi connectivity index (χ2v) is 5.12. The van der Waals surface area contributed by atoms with Gasteiger partial charge in [-0.1, -0.05) is 0 Å². The number of hydrogen-bond acceptors (Lipinski definition) is 3. The highest BCUT2D eigenvalue weighted by Crippen LogP contribution is 2.16. The Labute approximate surface area is 102 Å². The molecule has 2 aliphatic rings. The summed E-state index contributed by atoms with van der Waals surface area (Å²) in [5.74, 6) is 0.364. The van der Waals surface area contributed by atoms with Crippen LogP contribution in [0.25, 0.3) is 0 Å². The van der Waals surface area contributed by atoms with Crippen LogP contribution in [0.15, 0.2) is 0 Å². The van der Waals surface area contributed by atoms with E-state index in [-0.39, 0.29) is 23.8 Å². The standard InChI is InChI=1S/C12H21N3O2/c1-8-6-9(4-5-13-8)12(17)14-7-10-2-3-11(16)15-10/h8-10,13H,2-7H2,1H3,(H,14,17)(H,15,16). The summed E-state index contributed by atoms with van der Waals surface area (Å²) in [6, 6.07) is 0.552. The van der Waals surface area contributed by atoms with Gasteiger partial charge in [-0.15, -0.1) is 0 Å². The molecule has 96 valence electrons. The van der Waals surface area contributed by atoms with Gasteiger partial charge in [0.05, 0.1) is 0 Å². The molecular weight excluding hydrogens is 218 g/mol. The molecular formula is C12H21N3O2. The van der Waals surface area contributed by atoms with Crippen LogP contribution in [0.5, 0.6) is 0 Å². The molecule has 0 aliphatic carbocycles. The summed E-state index contributed by atoms with van der Waals surface area (Å²) >= 11 is 0. The summed E-state index contributed by atoms with van der Waals surface area (Å²) < 4.78 is 0. The normalized spacial score (nSPS) is 33.2. The van der Waals surface area contributed by atoms with E-state index in [1.54, 1.807) is 0 Å². The predicted octanol–water partition coefficient (Wildman–Crippen LogP) is -0.231. The summed E-state index contributed by atoms with van der Waals surface area (Å²) in [4.78, 5) is 22.9. The van der Waals surface area contributed by atoms with E-state index in [2.05, 4.69) is 22.9 Å². The molecule has 0 aromatic heterocycles. The average Bonchev–Trinajstić information content (AvgIpc) is 2.72. The molecule has 2 fully saturated rings. The molecule has 2 rings (SSSR count). The fourth-order valence-electron chi connectivity index (χ4n) is 2.57. The van der Waals surface area contributed by atoms with Crippen LogP contribution in [-0.4, -0.2) is 37.0 Å². The van der Waals surface area contributed by atoms with Gasteiger partial charge < -0.3 is 16.0 Å². The van der Waals surface area contributed by atoms with Crippen LogP contribution < -0.4 is 16.0 Å². The second-order valence-electron chi connectivity index (χ2n) is 5.12. The van der Waals surface area contributed by atoms with Gasteiger partial charge in [0.2, 0.25) is 11.8 Å². The van der Waals surface area contributed by atoms with Gasteiger partial charge in [0, 0.05) is 31.0 Å². The van der Waals surface area contributed by atoms with Crippen LogP contribution in [0, 0.1) is 5.92 Å². The Balaban J connectivity index is 1.71. The number of carbonyl (C=O) groups excluding carboxylic acids is 2. The molecule has 0 spiro atoms. The van der Waals surface area contributed by atoms with Crippen LogP contribution in [0.2, 0.25) is 0 Å². The van der Waals surface area contributed by atoms with E-state index in [9.17, 15) is 9.59 Å². The minimum Gasteiger partial charge on any atom is -0.354 e. The molecule has 3 atom stereocenters. The summed E-state index contributed by atoms with van der Waals surface area (Å²) in [7, 11) is 0. The lowest BCUT2D eigenvalue weighted by atomic mass is 9.92. The molecule has 2 amide bonds. The van der Waals surface area contributed by atoms with Gasteiger partial charge in [0.15, 0.2) is 0 Å². The Morgan fingerprint density at radius 3 is 2.94 bits per heavy atom. The van der Waals surface area contributed by atoms with Gasteiger partial charge in [-0.3, -0.25) is 9.59 Å². The van der Waals surface area contributed by atoms with Crippen molar-refractivity contribution < 1.29 is 9.59 Å². The van der Waals surface area contributed by atoms with Crippen LogP contribution in [0.4, 0.5) is 0 Å². The van der Waals surface area contributed by atoms with E-state index in [0.717, 1.165) is 25.8 Å². The number of nitrogens with one attached hydrogen (secondary N) is 3. The minimum absolute atomic E-state index is 0.0970. The molecule has 3 unspecified atom stereocenters. The molecule has 5 nitrogen and oxygen atoms in total. The van der Waals surface area contributed by atoms with Gasteiger partial charge in [0.1, 0.15) is 0 Å². The maximum atomic E-state index is 11.9. The molecule has 5 heteroatoms. The Morgan fingerprint density at radius 2 is 2.29 bits per heavy atom.